The molecule has 0 aliphatic heterocycles. The van der Waals surface area contributed by atoms with Gasteiger partial charge < -0.3 is 15.0 Å². The summed E-state index contributed by atoms with van der Waals surface area (Å²) >= 11 is 1.66. The molecule has 1 rings (SSSR count). The highest BCUT2D eigenvalue weighted by Gasteiger charge is 2.28. The van der Waals surface area contributed by atoms with E-state index in [2.05, 4.69) is 10.2 Å². The van der Waals surface area contributed by atoms with Gasteiger partial charge in [-0.2, -0.15) is 0 Å². The van der Waals surface area contributed by atoms with Crippen LogP contribution in [0.2, 0.25) is 0 Å². The highest BCUT2D eigenvalue weighted by Crippen LogP contribution is 2.18. The van der Waals surface area contributed by atoms with Crippen molar-refractivity contribution < 1.29 is 9.53 Å². The van der Waals surface area contributed by atoms with Crippen molar-refractivity contribution in [3.63, 3.8) is 0 Å². The first-order valence-corrected chi connectivity index (χ1v) is 7.39. The molecule has 0 fully saturated rings. The predicted molar refractivity (Wildman–Crippen MR) is 74.8 cm³/mol. The number of thioether (sulfide) groups is 1. The zero-order chi connectivity index (χ0) is 14.3. The largest absolute Gasteiger partial charge is 0.465 e. The average molecular weight is 286 g/mol. The van der Waals surface area contributed by atoms with Crippen LogP contribution in [0.15, 0.2) is 11.5 Å². The van der Waals surface area contributed by atoms with E-state index in [0.717, 1.165) is 23.8 Å². The van der Waals surface area contributed by atoms with Crippen LogP contribution in [0.5, 0.6) is 0 Å². The van der Waals surface area contributed by atoms with Gasteiger partial charge in [0.2, 0.25) is 0 Å². The van der Waals surface area contributed by atoms with Crippen molar-refractivity contribution in [2.75, 3.05) is 12.4 Å². The number of hydrogen-bond acceptors (Lipinski definition) is 6. The minimum absolute atomic E-state index is 0.323. The Morgan fingerprint density at radius 1 is 1.58 bits per heavy atom. The van der Waals surface area contributed by atoms with E-state index in [0.29, 0.717) is 13.0 Å². The average Bonchev–Trinajstić information content (AvgIpc) is 2.75. The lowest BCUT2D eigenvalue weighted by Crippen LogP contribution is -2.46. The highest BCUT2D eigenvalue weighted by molar-refractivity contribution is 7.99. The standard InChI is InChI=1S/C12H22N4O2S/c1-4-18-10(17)12(2,13)7-5-6-8-19-11-15-14-9-16(11)3/h9H,4-8,13H2,1-3H3. The summed E-state index contributed by atoms with van der Waals surface area (Å²) in [5.74, 6) is 0.613. The Morgan fingerprint density at radius 2 is 2.32 bits per heavy atom. The summed E-state index contributed by atoms with van der Waals surface area (Å²) in [5, 5.41) is 8.71. The molecule has 19 heavy (non-hydrogen) atoms. The normalized spacial score (nSPS) is 14.1. The van der Waals surface area contributed by atoms with Gasteiger partial charge in [0.15, 0.2) is 5.16 Å². The number of rotatable bonds is 8. The molecular weight excluding hydrogens is 264 g/mol. The van der Waals surface area contributed by atoms with E-state index in [4.69, 9.17) is 10.5 Å². The molecule has 7 heteroatoms. The summed E-state index contributed by atoms with van der Waals surface area (Å²) in [7, 11) is 1.92. The molecule has 0 aliphatic carbocycles. The third kappa shape index (κ3) is 5.20. The molecule has 0 saturated carbocycles. The quantitative estimate of drug-likeness (QED) is 0.441. The van der Waals surface area contributed by atoms with Crippen LogP contribution in [-0.2, 0) is 16.6 Å². The van der Waals surface area contributed by atoms with Crippen molar-refractivity contribution in [2.45, 2.75) is 43.8 Å². The van der Waals surface area contributed by atoms with Crippen molar-refractivity contribution in [1.82, 2.24) is 14.8 Å². The Bertz CT molecular complexity index is 406. The van der Waals surface area contributed by atoms with E-state index in [1.807, 2.05) is 11.6 Å². The number of esters is 1. The van der Waals surface area contributed by atoms with Crippen LogP contribution in [0.4, 0.5) is 0 Å². The van der Waals surface area contributed by atoms with Gasteiger partial charge in [0.1, 0.15) is 11.9 Å². The van der Waals surface area contributed by atoms with E-state index in [9.17, 15) is 4.79 Å². The van der Waals surface area contributed by atoms with Gasteiger partial charge in [-0.1, -0.05) is 18.2 Å². The molecule has 0 bridgehead atoms. The van der Waals surface area contributed by atoms with Crippen molar-refractivity contribution in [3.8, 4) is 0 Å². The third-order valence-electron chi connectivity index (χ3n) is 2.73. The monoisotopic (exact) mass is 286 g/mol. The summed E-state index contributed by atoms with van der Waals surface area (Å²) in [6.07, 6.45) is 4.17. The first kappa shape index (κ1) is 16.0. The van der Waals surface area contributed by atoms with E-state index in [1.54, 1.807) is 31.9 Å². The lowest BCUT2D eigenvalue weighted by atomic mass is 9.96. The van der Waals surface area contributed by atoms with Gasteiger partial charge in [-0.15, -0.1) is 10.2 Å². The lowest BCUT2D eigenvalue weighted by Gasteiger charge is -2.21. The summed E-state index contributed by atoms with van der Waals surface area (Å²) in [6.45, 7) is 3.87. The predicted octanol–water partition coefficient (Wildman–Crippen LogP) is 1.36. The fourth-order valence-electron chi connectivity index (χ4n) is 1.56. The maximum Gasteiger partial charge on any atom is 0.325 e. The van der Waals surface area contributed by atoms with Crippen molar-refractivity contribution in [1.29, 1.82) is 0 Å². The zero-order valence-corrected chi connectivity index (χ0v) is 12.6. The Hall–Kier alpha value is -1.08. The maximum atomic E-state index is 11.6. The van der Waals surface area contributed by atoms with Crippen LogP contribution in [0, 0.1) is 0 Å². The van der Waals surface area contributed by atoms with Crippen LogP contribution in [0.25, 0.3) is 0 Å². The maximum absolute atomic E-state index is 11.6. The molecule has 1 atom stereocenters. The second-order valence-corrected chi connectivity index (χ2v) is 5.73. The topological polar surface area (TPSA) is 83.0 Å². The van der Waals surface area contributed by atoms with Gasteiger partial charge >= 0.3 is 5.97 Å². The van der Waals surface area contributed by atoms with Gasteiger partial charge in [-0.3, -0.25) is 4.79 Å². The van der Waals surface area contributed by atoms with Crippen molar-refractivity contribution in [2.24, 2.45) is 12.8 Å². The Kier molecular flexibility index (Phi) is 6.30. The smallest absolute Gasteiger partial charge is 0.325 e. The molecule has 1 aromatic rings. The first-order valence-electron chi connectivity index (χ1n) is 6.40. The third-order valence-corrected chi connectivity index (χ3v) is 3.85. The fraction of sp³-hybridized carbons (Fsp3) is 0.750. The van der Waals surface area contributed by atoms with Crippen molar-refractivity contribution >= 4 is 17.7 Å². The molecule has 0 radical (unpaired) electrons. The van der Waals surface area contributed by atoms with Crippen LogP contribution < -0.4 is 5.73 Å². The van der Waals surface area contributed by atoms with Gasteiger partial charge in [-0.25, -0.2) is 0 Å². The number of unbranched alkanes of at least 4 members (excludes halogenated alkanes) is 1. The molecule has 2 N–H and O–H groups in total. The first-order chi connectivity index (χ1) is 8.97. The number of ether oxygens (including phenoxy) is 1. The van der Waals surface area contributed by atoms with Crippen LogP contribution in [-0.4, -0.2) is 38.6 Å². The molecule has 0 saturated heterocycles. The second-order valence-electron chi connectivity index (χ2n) is 4.67. The number of carbonyl (C=O) groups is 1. The molecule has 108 valence electrons. The van der Waals surface area contributed by atoms with Crippen LogP contribution in [0.1, 0.15) is 33.1 Å². The summed E-state index contributed by atoms with van der Waals surface area (Å²) in [4.78, 5) is 11.6. The van der Waals surface area contributed by atoms with Crippen LogP contribution in [0.3, 0.4) is 0 Å². The number of carbonyl (C=O) groups excluding carboxylic acids is 1. The van der Waals surface area contributed by atoms with E-state index < -0.39 is 5.54 Å². The number of nitrogens with two attached hydrogens (primary N) is 1. The fourth-order valence-corrected chi connectivity index (χ4v) is 2.45. The molecule has 0 aromatic carbocycles. The number of hydrogen-bond donors (Lipinski definition) is 1. The molecule has 0 spiro atoms. The Labute approximate surface area is 118 Å². The molecule has 0 amide bonds. The number of aryl methyl sites for hydroxylation is 1. The minimum atomic E-state index is -0.883. The van der Waals surface area contributed by atoms with Crippen molar-refractivity contribution in [3.05, 3.63) is 6.33 Å². The second kappa shape index (κ2) is 7.49. The van der Waals surface area contributed by atoms with E-state index in [-0.39, 0.29) is 5.97 Å². The molecule has 1 heterocycles. The molecular formula is C12H22N4O2S. The summed E-state index contributed by atoms with van der Waals surface area (Å²) in [6, 6.07) is 0. The number of aromatic nitrogens is 3. The van der Waals surface area contributed by atoms with Gasteiger partial charge in [0.05, 0.1) is 6.61 Å². The molecule has 6 nitrogen and oxygen atoms in total. The van der Waals surface area contributed by atoms with Crippen LogP contribution >= 0.6 is 11.8 Å². The van der Waals surface area contributed by atoms with Gasteiger partial charge in [-0.05, 0) is 26.7 Å². The van der Waals surface area contributed by atoms with E-state index in [1.165, 1.54) is 0 Å². The molecule has 0 aliphatic rings. The zero-order valence-electron chi connectivity index (χ0n) is 11.8. The summed E-state index contributed by atoms with van der Waals surface area (Å²) in [5.41, 5.74) is 5.06. The molecule has 1 aromatic heterocycles. The SMILES string of the molecule is CCOC(=O)C(C)(N)CCCCSc1nncn1C. The Balaban J connectivity index is 2.20. The highest BCUT2D eigenvalue weighted by atomic mass is 32.2. The van der Waals surface area contributed by atoms with E-state index >= 15 is 0 Å². The lowest BCUT2D eigenvalue weighted by molar-refractivity contribution is -0.149. The summed E-state index contributed by atoms with van der Waals surface area (Å²) < 4.78 is 6.83. The Morgan fingerprint density at radius 3 is 2.89 bits per heavy atom. The molecule has 1 unspecified atom stereocenters. The number of nitrogens with zero attached hydrogens (tertiary/aromatic N) is 3. The van der Waals surface area contributed by atoms with Gasteiger partial charge in [0, 0.05) is 12.8 Å². The minimum Gasteiger partial charge on any atom is -0.465 e. The van der Waals surface area contributed by atoms with Gasteiger partial charge in [0.25, 0.3) is 0 Å².